The largest absolute Gasteiger partial charge is 0.464 e. The number of ether oxygens (including phenoxy) is 2. The van der Waals surface area contributed by atoms with Crippen molar-refractivity contribution in [3.63, 3.8) is 0 Å². The van der Waals surface area contributed by atoms with Gasteiger partial charge in [-0.25, -0.2) is 0 Å². The van der Waals surface area contributed by atoms with Gasteiger partial charge in [-0.3, -0.25) is 14.5 Å². The van der Waals surface area contributed by atoms with Gasteiger partial charge in [-0.05, 0) is 46.7 Å². The Balaban J connectivity index is 0.000000470. The Labute approximate surface area is 146 Å². The molecule has 0 aromatic rings. The van der Waals surface area contributed by atoms with Crippen molar-refractivity contribution < 1.29 is 24.2 Å². The summed E-state index contributed by atoms with van der Waals surface area (Å²) in [6.07, 6.45) is 3.93. The van der Waals surface area contributed by atoms with Gasteiger partial charge in [-0.1, -0.05) is 20.3 Å². The molecular weight excluding hydrogens is 310 g/mol. The van der Waals surface area contributed by atoms with Gasteiger partial charge in [0.1, 0.15) is 13.2 Å². The van der Waals surface area contributed by atoms with Crippen molar-refractivity contribution in [3.8, 4) is 0 Å². The van der Waals surface area contributed by atoms with Crippen LogP contribution in [0.3, 0.4) is 0 Å². The van der Waals surface area contributed by atoms with Crippen LogP contribution in [0, 0.1) is 11.3 Å². The molecule has 24 heavy (non-hydrogen) atoms. The second-order valence-electron chi connectivity index (χ2n) is 7.33. The molecule has 6 nitrogen and oxygen atoms in total. The minimum atomic E-state index is -0.463. The number of aliphatic hydroxyl groups is 1. The normalized spacial score (nSPS) is 15.5. The fourth-order valence-electron chi connectivity index (χ4n) is 1.98. The number of rotatable bonds is 6. The zero-order chi connectivity index (χ0) is 18.6. The average molecular weight is 345 g/mol. The van der Waals surface area contributed by atoms with Crippen LogP contribution in [0.15, 0.2) is 0 Å². The molecule has 1 fully saturated rings. The van der Waals surface area contributed by atoms with Gasteiger partial charge in [0.05, 0.1) is 17.9 Å². The highest BCUT2D eigenvalue weighted by atomic mass is 16.5. The molecular formula is C18H35NO5. The van der Waals surface area contributed by atoms with Gasteiger partial charge in [0, 0.05) is 6.54 Å². The van der Waals surface area contributed by atoms with Gasteiger partial charge < -0.3 is 14.6 Å². The zero-order valence-electron chi connectivity index (χ0n) is 16.0. The predicted molar refractivity (Wildman–Crippen MR) is 93.6 cm³/mol. The first-order valence-corrected chi connectivity index (χ1v) is 8.85. The first-order valence-electron chi connectivity index (χ1n) is 8.85. The molecule has 0 radical (unpaired) electrons. The van der Waals surface area contributed by atoms with Crippen molar-refractivity contribution in [1.82, 2.24) is 4.90 Å². The van der Waals surface area contributed by atoms with Crippen molar-refractivity contribution in [1.29, 1.82) is 0 Å². The van der Waals surface area contributed by atoms with E-state index < -0.39 is 5.41 Å². The van der Waals surface area contributed by atoms with Gasteiger partial charge in [-0.15, -0.1) is 0 Å². The van der Waals surface area contributed by atoms with E-state index in [1.165, 1.54) is 32.4 Å². The Kier molecular flexibility index (Phi) is 11.7. The third kappa shape index (κ3) is 11.4. The average Bonchev–Trinajstić information content (AvgIpc) is 2.53. The summed E-state index contributed by atoms with van der Waals surface area (Å²) in [5.74, 6) is -0.361. The summed E-state index contributed by atoms with van der Waals surface area (Å²) in [4.78, 5) is 24.4. The first kappa shape index (κ1) is 22.9. The Bertz CT molecular complexity index is 357. The van der Waals surface area contributed by atoms with E-state index in [4.69, 9.17) is 9.84 Å². The predicted octanol–water partition coefficient (Wildman–Crippen LogP) is 2.24. The van der Waals surface area contributed by atoms with Crippen molar-refractivity contribution in [3.05, 3.63) is 0 Å². The highest BCUT2D eigenvalue weighted by molar-refractivity contribution is 5.75. The molecule has 6 heteroatoms. The quantitative estimate of drug-likeness (QED) is 0.744. The molecule has 0 aliphatic carbocycles. The summed E-state index contributed by atoms with van der Waals surface area (Å²) >= 11 is 0. The molecule has 0 atom stereocenters. The topological polar surface area (TPSA) is 76.1 Å². The van der Waals surface area contributed by atoms with Gasteiger partial charge in [0.15, 0.2) is 0 Å². The smallest absolute Gasteiger partial charge is 0.311 e. The monoisotopic (exact) mass is 345 g/mol. The maximum absolute atomic E-state index is 11.1. The van der Waals surface area contributed by atoms with E-state index in [1.807, 2.05) is 13.8 Å². The number of likely N-dealkylation sites (tertiary alicyclic amines) is 1. The van der Waals surface area contributed by atoms with Crippen molar-refractivity contribution in [2.75, 3.05) is 39.5 Å². The minimum Gasteiger partial charge on any atom is -0.464 e. The number of carbonyl (C=O) groups excluding carboxylic acids is 2. The second kappa shape index (κ2) is 12.3. The first-order chi connectivity index (χ1) is 11.2. The minimum absolute atomic E-state index is 0.00337. The summed E-state index contributed by atoms with van der Waals surface area (Å²) in [5, 5.41) is 8.30. The molecule has 0 saturated carbocycles. The van der Waals surface area contributed by atoms with Gasteiger partial charge in [-0.2, -0.15) is 0 Å². The third-order valence-electron chi connectivity index (χ3n) is 3.51. The Morgan fingerprint density at radius 1 is 1.04 bits per heavy atom. The lowest BCUT2D eigenvalue weighted by Crippen LogP contribution is -2.33. The van der Waals surface area contributed by atoms with E-state index in [-0.39, 0.29) is 31.1 Å². The van der Waals surface area contributed by atoms with E-state index in [1.54, 1.807) is 20.8 Å². The second-order valence-corrected chi connectivity index (χ2v) is 7.33. The van der Waals surface area contributed by atoms with E-state index in [0.29, 0.717) is 6.61 Å². The van der Waals surface area contributed by atoms with Crippen LogP contribution < -0.4 is 0 Å². The van der Waals surface area contributed by atoms with Crippen LogP contribution in [0.4, 0.5) is 0 Å². The van der Waals surface area contributed by atoms with Crippen LogP contribution in [0.25, 0.3) is 0 Å². The molecule has 1 aliphatic rings. The van der Waals surface area contributed by atoms with E-state index in [0.717, 1.165) is 6.54 Å². The van der Waals surface area contributed by atoms with Crippen LogP contribution in [-0.4, -0.2) is 61.4 Å². The lowest BCUT2D eigenvalue weighted by molar-refractivity contribution is -0.154. The van der Waals surface area contributed by atoms with Gasteiger partial charge in [0.25, 0.3) is 0 Å². The van der Waals surface area contributed by atoms with Crippen molar-refractivity contribution in [2.24, 2.45) is 11.3 Å². The molecule has 0 aromatic heterocycles. The van der Waals surface area contributed by atoms with Crippen LogP contribution in [-0.2, 0) is 19.1 Å². The molecule has 1 heterocycles. The Hall–Kier alpha value is -1.14. The van der Waals surface area contributed by atoms with E-state index in [9.17, 15) is 9.59 Å². The van der Waals surface area contributed by atoms with Gasteiger partial charge in [0.2, 0.25) is 0 Å². The molecule has 1 N–H and O–H groups in total. The Morgan fingerprint density at radius 2 is 1.62 bits per heavy atom. The van der Waals surface area contributed by atoms with E-state index >= 15 is 0 Å². The van der Waals surface area contributed by atoms with Crippen molar-refractivity contribution >= 4 is 11.9 Å². The number of hydrogen-bond acceptors (Lipinski definition) is 6. The molecule has 1 saturated heterocycles. The highest BCUT2D eigenvalue weighted by Gasteiger charge is 2.22. The van der Waals surface area contributed by atoms with Crippen LogP contribution in [0.1, 0.15) is 53.9 Å². The molecule has 0 unspecified atom stereocenters. The lowest BCUT2D eigenvalue weighted by atomic mass is 9.97. The molecule has 0 spiro atoms. The maximum atomic E-state index is 11.1. The number of carbonyl (C=O) groups is 2. The molecule has 1 rings (SSSR count). The standard InChI is InChI=1S/C11H21NO2.C7H14O3/c1-10(2)11(13)14-9-8-12-6-4-3-5-7-12;1-7(2,3)6(9)10-5-4-8/h10H,3-9H2,1-2H3;8H,4-5H2,1-3H3. The summed E-state index contributed by atoms with van der Waals surface area (Å²) in [5.41, 5.74) is -0.463. The van der Waals surface area contributed by atoms with E-state index in [2.05, 4.69) is 9.64 Å². The molecule has 0 bridgehead atoms. The van der Waals surface area contributed by atoms with Crippen LogP contribution >= 0.6 is 0 Å². The Morgan fingerprint density at radius 3 is 2.08 bits per heavy atom. The highest BCUT2D eigenvalue weighted by Crippen LogP contribution is 2.14. The van der Waals surface area contributed by atoms with Crippen LogP contribution in [0.2, 0.25) is 0 Å². The molecule has 1 aliphatic heterocycles. The number of hydrogen-bond donors (Lipinski definition) is 1. The van der Waals surface area contributed by atoms with Crippen LogP contribution in [0.5, 0.6) is 0 Å². The number of piperidine rings is 1. The maximum Gasteiger partial charge on any atom is 0.311 e. The molecule has 0 aromatic carbocycles. The van der Waals surface area contributed by atoms with Gasteiger partial charge >= 0.3 is 11.9 Å². The molecule has 0 amide bonds. The summed E-state index contributed by atoms with van der Waals surface area (Å²) in [7, 11) is 0. The third-order valence-corrected chi connectivity index (χ3v) is 3.51. The summed E-state index contributed by atoms with van der Waals surface area (Å²) < 4.78 is 9.79. The zero-order valence-corrected chi connectivity index (χ0v) is 16.0. The number of aliphatic hydroxyl groups excluding tert-OH is 1. The lowest BCUT2D eigenvalue weighted by Gasteiger charge is -2.26. The fourth-order valence-corrected chi connectivity index (χ4v) is 1.98. The number of esters is 2. The molecule has 142 valence electrons. The number of nitrogens with zero attached hydrogens (tertiary/aromatic N) is 1. The summed E-state index contributed by atoms with van der Waals surface area (Å²) in [6.45, 7) is 12.8. The fraction of sp³-hybridized carbons (Fsp3) is 0.889. The van der Waals surface area contributed by atoms with Crippen molar-refractivity contribution in [2.45, 2.75) is 53.9 Å². The SMILES string of the molecule is CC(C)(C)C(=O)OCCO.CC(C)C(=O)OCCN1CCCCC1. The summed E-state index contributed by atoms with van der Waals surface area (Å²) in [6, 6.07) is 0.